The van der Waals surface area contributed by atoms with Gasteiger partial charge in [-0.15, -0.1) is 0 Å². The van der Waals surface area contributed by atoms with Crippen LogP contribution in [0.2, 0.25) is 0 Å². The highest BCUT2D eigenvalue weighted by Gasteiger charge is 2.41. The van der Waals surface area contributed by atoms with Crippen LogP contribution in [0.5, 0.6) is 11.5 Å². The van der Waals surface area contributed by atoms with Crippen LogP contribution in [-0.4, -0.2) is 49.9 Å². The molecule has 188 valence electrons. The summed E-state index contributed by atoms with van der Waals surface area (Å²) >= 11 is 0. The van der Waals surface area contributed by atoms with E-state index in [1.54, 1.807) is 0 Å². The van der Waals surface area contributed by atoms with E-state index in [4.69, 9.17) is 14.2 Å². The monoisotopic (exact) mass is 478 g/mol. The molecule has 4 aliphatic rings. The average molecular weight is 479 g/mol. The Kier molecular flexibility index (Phi) is 6.67. The topological polar surface area (TPSA) is 60.0 Å². The van der Waals surface area contributed by atoms with Crippen LogP contribution in [0.3, 0.4) is 0 Å². The lowest BCUT2D eigenvalue weighted by atomic mass is 9.78. The highest BCUT2D eigenvalue weighted by molar-refractivity contribution is 5.70. The first-order chi connectivity index (χ1) is 16.8. The highest BCUT2D eigenvalue weighted by atomic mass is 16.6. The molecule has 2 aromatic carbocycles. The lowest BCUT2D eigenvalue weighted by molar-refractivity contribution is -0.0361. The van der Waals surface area contributed by atoms with E-state index in [9.17, 15) is 4.79 Å². The number of hydrogen-bond donors (Lipinski definition) is 1. The third-order valence-corrected chi connectivity index (χ3v) is 7.59. The Morgan fingerprint density at radius 2 is 1.83 bits per heavy atom. The largest absolute Gasteiger partial charge is 0.493 e. The zero-order valence-corrected chi connectivity index (χ0v) is 21.4. The van der Waals surface area contributed by atoms with Crippen molar-refractivity contribution >= 4 is 6.09 Å². The maximum atomic E-state index is 13.0. The maximum absolute atomic E-state index is 13.0. The van der Waals surface area contributed by atoms with Gasteiger partial charge in [-0.3, -0.25) is 4.90 Å². The van der Waals surface area contributed by atoms with Crippen LogP contribution in [0.15, 0.2) is 42.5 Å². The molecule has 6 rings (SSSR count). The van der Waals surface area contributed by atoms with Gasteiger partial charge >= 0.3 is 6.09 Å². The molecule has 0 saturated carbocycles. The molecule has 0 aromatic heterocycles. The molecule has 4 aliphatic heterocycles. The van der Waals surface area contributed by atoms with Gasteiger partial charge in [-0.25, -0.2) is 4.79 Å². The number of hydrogen-bond acceptors (Lipinski definition) is 5. The summed E-state index contributed by atoms with van der Waals surface area (Å²) in [5.74, 6) is 2.68. The van der Waals surface area contributed by atoms with Crippen molar-refractivity contribution in [3.63, 3.8) is 0 Å². The van der Waals surface area contributed by atoms with E-state index >= 15 is 0 Å². The second kappa shape index (κ2) is 9.73. The number of ether oxygens (including phenoxy) is 3. The van der Waals surface area contributed by atoms with E-state index in [0.29, 0.717) is 25.0 Å². The minimum atomic E-state index is -0.323. The van der Waals surface area contributed by atoms with Crippen molar-refractivity contribution in [2.24, 2.45) is 17.3 Å². The average Bonchev–Trinajstić information content (AvgIpc) is 2.85. The van der Waals surface area contributed by atoms with Crippen LogP contribution in [-0.2, 0) is 4.74 Å². The number of benzene rings is 2. The van der Waals surface area contributed by atoms with Gasteiger partial charge in [0.25, 0.3) is 0 Å². The number of piperidine rings is 3. The third kappa shape index (κ3) is 5.27. The van der Waals surface area contributed by atoms with Crippen molar-refractivity contribution in [3.05, 3.63) is 48.0 Å². The molecule has 1 unspecified atom stereocenters. The summed E-state index contributed by atoms with van der Waals surface area (Å²) in [7, 11) is 0. The Hall–Kier alpha value is -2.73. The SMILES string of the molecule is CC(C)COc1ccc(-c2ccc3c(c2)OCC(C)(C)C3NC(=O)O[C@H]2CN3CCC2CC3)cc1. The Morgan fingerprint density at radius 1 is 1.11 bits per heavy atom. The number of nitrogens with zero attached hydrogens (tertiary/aromatic N) is 1. The van der Waals surface area contributed by atoms with Gasteiger partial charge in [0.1, 0.15) is 17.6 Å². The van der Waals surface area contributed by atoms with Crippen molar-refractivity contribution in [1.82, 2.24) is 10.2 Å². The van der Waals surface area contributed by atoms with Crippen molar-refractivity contribution in [1.29, 1.82) is 0 Å². The summed E-state index contributed by atoms with van der Waals surface area (Å²) < 4.78 is 17.9. The van der Waals surface area contributed by atoms with Gasteiger partial charge in [-0.05, 0) is 67.1 Å². The van der Waals surface area contributed by atoms with Crippen molar-refractivity contribution < 1.29 is 19.0 Å². The smallest absolute Gasteiger partial charge is 0.407 e. The van der Waals surface area contributed by atoms with Gasteiger partial charge in [0, 0.05) is 17.5 Å². The van der Waals surface area contributed by atoms with Gasteiger partial charge in [0.05, 0.1) is 19.3 Å². The molecule has 0 radical (unpaired) electrons. The fourth-order valence-corrected chi connectivity index (χ4v) is 5.46. The van der Waals surface area contributed by atoms with Crippen LogP contribution >= 0.6 is 0 Å². The summed E-state index contributed by atoms with van der Waals surface area (Å²) in [4.78, 5) is 15.4. The molecule has 1 amide bonds. The first kappa shape index (κ1) is 24.0. The second-order valence-corrected chi connectivity index (χ2v) is 11.4. The molecule has 3 saturated heterocycles. The molecule has 2 aromatic rings. The Labute approximate surface area is 208 Å². The van der Waals surface area contributed by atoms with Crippen LogP contribution in [0, 0.1) is 17.3 Å². The van der Waals surface area contributed by atoms with E-state index < -0.39 is 0 Å². The van der Waals surface area contributed by atoms with Crippen LogP contribution in [0.1, 0.15) is 52.1 Å². The second-order valence-electron chi connectivity index (χ2n) is 11.4. The lowest BCUT2D eigenvalue weighted by Crippen LogP contribution is -2.53. The molecule has 6 nitrogen and oxygen atoms in total. The molecule has 0 aliphatic carbocycles. The molecule has 6 heteroatoms. The molecular weight excluding hydrogens is 440 g/mol. The number of rotatable bonds is 6. The summed E-state index contributed by atoms with van der Waals surface area (Å²) in [5.41, 5.74) is 2.92. The molecule has 1 N–H and O–H groups in total. The van der Waals surface area contributed by atoms with E-state index in [1.165, 1.54) is 0 Å². The Balaban J connectivity index is 1.29. The van der Waals surface area contributed by atoms with E-state index in [0.717, 1.165) is 60.7 Å². The predicted octanol–water partition coefficient (Wildman–Crippen LogP) is 5.67. The number of amides is 1. The fourth-order valence-electron chi connectivity index (χ4n) is 5.46. The highest BCUT2D eigenvalue weighted by Crippen LogP contribution is 2.44. The van der Waals surface area contributed by atoms with Crippen LogP contribution in [0.25, 0.3) is 11.1 Å². The van der Waals surface area contributed by atoms with E-state index in [2.05, 4.69) is 68.2 Å². The van der Waals surface area contributed by atoms with Crippen LogP contribution < -0.4 is 14.8 Å². The molecule has 2 bridgehead atoms. The summed E-state index contributed by atoms with van der Waals surface area (Å²) in [6, 6.07) is 14.2. The van der Waals surface area contributed by atoms with Crippen LogP contribution in [0.4, 0.5) is 4.79 Å². The van der Waals surface area contributed by atoms with E-state index in [1.807, 2.05) is 12.1 Å². The molecule has 2 atom stereocenters. The zero-order chi connectivity index (χ0) is 24.6. The van der Waals surface area contributed by atoms with Crippen molar-refractivity contribution in [2.45, 2.75) is 52.7 Å². The summed E-state index contributed by atoms with van der Waals surface area (Å²) in [6.45, 7) is 12.9. The minimum Gasteiger partial charge on any atom is -0.493 e. The predicted molar refractivity (Wildman–Crippen MR) is 137 cm³/mol. The maximum Gasteiger partial charge on any atom is 0.407 e. The molecular formula is C29H38N2O4. The van der Waals surface area contributed by atoms with Crippen molar-refractivity contribution in [2.75, 3.05) is 32.8 Å². The van der Waals surface area contributed by atoms with Gasteiger partial charge < -0.3 is 19.5 Å². The Bertz CT molecular complexity index is 1040. The third-order valence-electron chi connectivity index (χ3n) is 7.59. The molecule has 4 heterocycles. The minimum absolute atomic E-state index is 0.00483. The standard InChI is InChI=1S/C29H38N2O4/c1-19(2)17-33-23-8-5-20(6-9-23)22-7-10-24-25(15-22)34-18-29(3,4)27(24)30-28(32)35-26-16-31-13-11-21(26)12-14-31/h5-10,15,19,21,26-27H,11-14,16-18H2,1-4H3,(H,30,32)/t26-,27?/m0/s1. The summed E-state index contributed by atoms with van der Waals surface area (Å²) in [5, 5.41) is 3.19. The molecule has 0 spiro atoms. The number of fused-ring (bicyclic) bond motifs is 4. The quantitative estimate of drug-likeness (QED) is 0.580. The number of carbonyl (C=O) groups is 1. The number of alkyl carbamates (subject to hydrolysis) is 1. The molecule has 3 fully saturated rings. The van der Waals surface area contributed by atoms with E-state index in [-0.39, 0.29) is 23.7 Å². The van der Waals surface area contributed by atoms with Gasteiger partial charge in [0.15, 0.2) is 0 Å². The zero-order valence-electron chi connectivity index (χ0n) is 21.4. The van der Waals surface area contributed by atoms with Gasteiger partial charge in [0.2, 0.25) is 0 Å². The fraction of sp³-hybridized carbons (Fsp3) is 0.552. The van der Waals surface area contributed by atoms with Crippen molar-refractivity contribution in [3.8, 4) is 22.6 Å². The summed E-state index contributed by atoms with van der Waals surface area (Å²) in [6.07, 6.45) is 1.92. The first-order valence-electron chi connectivity index (χ1n) is 13.0. The first-order valence-corrected chi connectivity index (χ1v) is 13.0. The normalized spacial score (nSPS) is 26.5. The Morgan fingerprint density at radius 3 is 2.49 bits per heavy atom. The van der Waals surface area contributed by atoms with Gasteiger partial charge in [-0.2, -0.15) is 0 Å². The number of carbonyl (C=O) groups excluding carboxylic acids is 1. The molecule has 35 heavy (non-hydrogen) atoms. The van der Waals surface area contributed by atoms with Gasteiger partial charge in [-0.1, -0.05) is 52.0 Å². The lowest BCUT2D eigenvalue weighted by Gasteiger charge is -2.44. The number of nitrogens with one attached hydrogen (secondary N) is 1.